The highest BCUT2D eigenvalue weighted by atomic mass is 32.1. The number of benzene rings is 3. The van der Waals surface area contributed by atoms with E-state index in [1.807, 2.05) is 47.9 Å². The van der Waals surface area contributed by atoms with Gasteiger partial charge in [-0.15, -0.1) is 0 Å². The molecule has 1 N–H and O–H groups in total. The number of hydrogen-bond acceptors (Lipinski definition) is 4. The fraction of sp³-hybridized carbons (Fsp3) is 0.136. The zero-order chi connectivity index (χ0) is 20.5. The Morgan fingerprint density at radius 2 is 1.86 bits per heavy atom. The quantitative estimate of drug-likeness (QED) is 0.482. The zero-order valence-electron chi connectivity index (χ0n) is 16.3. The summed E-state index contributed by atoms with van der Waals surface area (Å²) in [6.45, 7) is 1.89. The first kappa shape index (κ1) is 18.9. The predicted molar refractivity (Wildman–Crippen MR) is 116 cm³/mol. The summed E-state index contributed by atoms with van der Waals surface area (Å²) in [4.78, 5) is 13.2. The van der Waals surface area contributed by atoms with Gasteiger partial charge in [0.2, 0.25) is 0 Å². The Morgan fingerprint density at radius 1 is 1.10 bits per heavy atom. The summed E-state index contributed by atoms with van der Waals surface area (Å²) >= 11 is 5.53. The van der Waals surface area contributed by atoms with E-state index in [1.165, 1.54) is 4.90 Å². The van der Waals surface area contributed by atoms with E-state index in [2.05, 4.69) is 28.4 Å². The molecule has 3 aromatic carbocycles. The van der Waals surface area contributed by atoms with Gasteiger partial charge in [0, 0.05) is 25.0 Å². The van der Waals surface area contributed by atoms with Crippen LogP contribution in [0.4, 0.5) is 4.79 Å². The molecule has 0 atom stereocenters. The fourth-order valence-electron chi connectivity index (χ4n) is 3.21. The SMILES string of the molecule is Cc1cc(-c2n[nH]c(=S)n2-c2cccc3ccccc23)ccc1OC(=O)N(C)C. The number of carbonyl (C=O) groups is 1. The van der Waals surface area contributed by atoms with Gasteiger partial charge in [0.25, 0.3) is 0 Å². The summed E-state index contributed by atoms with van der Waals surface area (Å²) < 4.78 is 7.85. The smallest absolute Gasteiger partial charge is 0.410 e. The maximum atomic E-state index is 11.9. The van der Waals surface area contributed by atoms with Crippen LogP contribution in [-0.4, -0.2) is 39.9 Å². The van der Waals surface area contributed by atoms with Gasteiger partial charge in [-0.05, 0) is 54.4 Å². The highest BCUT2D eigenvalue weighted by Crippen LogP contribution is 2.30. The van der Waals surface area contributed by atoms with Crippen LogP contribution in [0.25, 0.3) is 27.8 Å². The van der Waals surface area contributed by atoms with Crippen LogP contribution in [-0.2, 0) is 0 Å². The molecule has 6 nitrogen and oxygen atoms in total. The van der Waals surface area contributed by atoms with E-state index in [9.17, 15) is 4.79 Å². The van der Waals surface area contributed by atoms with Crippen molar-refractivity contribution < 1.29 is 9.53 Å². The van der Waals surface area contributed by atoms with Gasteiger partial charge >= 0.3 is 6.09 Å². The number of nitrogens with zero attached hydrogens (tertiary/aromatic N) is 3. The van der Waals surface area contributed by atoms with E-state index in [-0.39, 0.29) is 0 Å². The van der Waals surface area contributed by atoms with Crippen molar-refractivity contribution in [3.05, 3.63) is 71.0 Å². The first-order valence-electron chi connectivity index (χ1n) is 9.11. The van der Waals surface area contributed by atoms with Crippen LogP contribution in [0.2, 0.25) is 0 Å². The van der Waals surface area contributed by atoms with Gasteiger partial charge in [-0.25, -0.2) is 4.79 Å². The monoisotopic (exact) mass is 404 g/mol. The maximum Gasteiger partial charge on any atom is 0.414 e. The van der Waals surface area contributed by atoms with Crippen molar-refractivity contribution in [3.63, 3.8) is 0 Å². The van der Waals surface area contributed by atoms with Crippen molar-refractivity contribution in [1.29, 1.82) is 0 Å². The van der Waals surface area contributed by atoms with Crippen LogP contribution >= 0.6 is 12.2 Å². The molecule has 0 aliphatic carbocycles. The van der Waals surface area contributed by atoms with E-state index in [4.69, 9.17) is 17.0 Å². The third-order valence-corrected chi connectivity index (χ3v) is 4.95. The van der Waals surface area contributed by atoms with Crippen molar-refractivity contribution >= 4 is 29.1 Å². The number of amides is 1. The first-order valence-corrected chi connectivity index (χ1v) is 9.52. The van der Waals surface area contributed by atoms with E-state index >= 15 is 0 Å². The van der Waals surface area contributed by atoms with Crippen LogP contribution in [0, 0.1) is 11.7 Å². The van der Waals surface area contributed by atoms with E-state index in [0.29, 0.717) is 16.3 Å². The summed E-state index contributed by atoms with van der Waals surface area (Å²) in [5.74, 6) is 1.21. The van der Waals surface area contributed by atoms with Crippen LogP contribution in [0.15, 0.2) is 60.7 Å². The van der Waals surface area contributed by atoms with E-state index < -0.39 is 6.09 Å². The molecule has 29 heavy (non-hydrogen) atoms. The van der Waals surface area contributed by atoms with Crippen molar-refractivity contribution in [2.75, 3.05) is 14.1 Å². The lowest BCUT2D eigenvalue weighted by atomic mass is 10.1. The number of aryl methyl sites for hydroxylation is 1. The van der Waals surface area contributed by atoms with Gasteiger partial charge in [-0.3, -0.25) is 9.67 Å². The molecule has 1 heterocycles. The van der Waals surface area contributed by atoms with Gasteiger partial charge in [-0.2, -0.15) is 5.10 Å². The fourth-order valence-corrected chi connectivity index (χ4v) is 3.44. The van der Waals surface area contributed by atoms with E-state index in [1.54, 1.807) is 20.2 Å². The molecule has 146 valence electrons. The highest BCUT2D eigenvalue weighted by molar-refractivity contribution is 7.71. The lowest BCUT2D eigenvalue weighted by molar-refractivity contribution is 0.171. The van der Waals surface area contributed by atoms with E-state index in [0.717, 1.165) is 27.6 Å². The molecule has 0 unspecified atom stereocenters. The number of aromatic nitrogens is 3. The summed E-state index contributed by atoms with van der Waals surface area (Å²) in [6.07, 6.45) is -0.417. The van der Waals surface area contributed by atoms with Crippen molar-refractivity contribution in [2.45, 2.75) is 6.92 Å². The molecule has 0 fully saturated rings. The minimum atomic E-state index is -0.417. The molecule has 0 aliphatic rings. The Kier molecular flexibility index (Phi) is 4.90. The number of fused-ring (bicyclic) bond motifs is 1. The summed E-state index contributed by atoms with van der Waals surface area (Å²) in [5, 5.41) is 9.57. The Hall–Kier alpha value is -3.45. The lowest BCUT2D eigenvalue weighted by Gasteiger charge is -2.14. The minimum absolute atomic E-state index is 0.417. The number of ether oxygens (including phenoxy) is 1. The standard InChI is InChI=1S/C22H20N4O2S/c1-14-13-16(11-12-19(14)28-22(27)25(2)3)20-23-24-21(29)26(20)18-10-6-8-15-7-4-5-9-17(15)18/h4-13H,1-3H3,(H,24,29). The summed E-state index contributed by atoms with van der Waals surface area (Å²) in [5.41, 5.74) is 2.65. The second-order valence-electron chi connectivity index (χ2n) is 6.93. The first-order chi connectivity index (χ1) is 14.0. The van der Waals surface area contributed by atoms with Crippen molar-refractivity contribution in [1.82, 2.24) is 19.7 Å². The van der Waals surface area contributed by atoms with Gasteiger partial charge < -0.3 is 9.64 Å². The Morgan fingerprint density at radius 3 is 2.62 bits per heavy atom. The second-order valence-corrected chi connectivity index (χ2v) is 7.32. The number of rotatable bonds is 3. The average molecular weight is 404 g/mol. The molecule has 0 saturated carbocycles. The molecular formula is C22H20N4O2S. The van der Waals surface area contributed by atoms with Crippen LogP contribution in [0.3, 0.4) is 0 Å². The number of H-pyrrole nitrogens is 1. The molecule has 0 saturated heterocycles. The van der Waals surface area contributed by atoms with Crippen LogP contribution in [0.1, 0.15) is 5.56 Å². The van der Waals surface area contributed by atoms with Crippen molar-refractivity contribution in [2.24, 2.45) is 0 Å². The van der Waals surface area contributed by atoms with Gasteiger partial charge in [0.05, 0.1) is 5.69 Å². The average Bonchev–Trinajstić information content (AvgIpc) is 3.10. The summed E-state index contributed by atoms with van der Waals surface area (Å²) in [6, 6.07) is 19.8. The molecule has 0 spiro atoms. The Balaban J connectivity index is 1.81. The molecule has 0 bridgehead atoms. The molecule has 1 aromatic heterocycles. The highest BCUT2D eigenvalue weighted by Gasteiger charge is 2.15. The number of nitrogens with one attached hydrogen (secondary N) is 1. The number of carbonyl (C=O) groups excluding carboxylic acids is 1. The second kappa shape index (κ2) is 7.52. The molecule has 4 aromatic rings. The van der Waals surface area contributed by atoms with Gasteiger partial charge in [0.1, 0.15) is 5.75 Å². The van der Waals surface area contributed by atoms with Crippen molar-refractivity contribution in [3.8, 4) is 22.8 Å². The third kappa shape index (κ3) is 3.52. The van der Waals surface area contributed by atoms with Gasteiger partial charge in [0.15, 0.2) is 10.6 Å². The predicted octanol–water partition coefficient (Wildman–Crippen LogP) is 5.12. The normalized spacial score (nSPS) is 10.9. The Bertz CT molecular complexity index is 1270. The van der Waals surface area contributed by atoms with Crippen LogP contribution < -0.4 is 4.74 Å². The number of hydrogen-bond donors (Lipinski definition) is 1. The topological polar surface area (TPSA) is 63.2 Å². The van der Waals surface area contributed by atoms with Gasteiger partial charge in [-0.1, -0.05) is 36.4 Å². The molecule has 4 rings (SSSR count). The molecule has 0 aliphatic heterocycles. The maximum absolute atomic E-state index is 11.9. The lowest BCUT2D eigenvalue weighted by Crippen LogP contribution is -2.25. The van der Waals surface area contributed by atoms with Crippen LogP contribution in [0.5, 0.6) is 5.75 Å². The molecular weight excluding hydrogens is 384 g/mol. The molecule has 1 amide bonds. The third-order valence-electron chi connectivity index (χ3n) is 4.68. The zero-order valence-corrected chi connectivity index (χ0v) is 17.2. The Labute approximate surface area is 173 Å². The minimum Gasteiger partial charge on any atom is -0.410 e. The summed E-state index contributed by atoms with van der Waals surface area (Å²) in [7, 11) is 3.29. The number of aromatic amines is 1. The molecule has 7 heteroatoms. The molecule has 0 radical (unpaired) electrons. The largest absolute Gasteiger partial charge is 0.414 e.